The number of aliphatic hydroxyl groups excluding tert-OH is 5. The van der Waals surface area contributed by atoms with E-state index in [9.17, 15) is 35.1 Å². The summed E-state index contributed by atoms with van der Waals surface area (Å²) in [5.74, 6) is -1.21. The molecule has 1 fully saturated rings. The van der Waals surface area contributed by atoms with Gasteiger partial charge in [0.1, 0.15) is 24.4 Å². The molecule has 8 atom stereocenters. The van der Waals surface area contributed by atoms with E-state index in [0.717, 1.165) is 77.0 Å². The highest BCUT2D eigenvalue weighted by molar-refractivity contribution is 5.80. The minimum absolute atomic E-state index is 0.101. The van der Waals surface area contributed by atoms with Gasteiger partial charge in [-0.2, -0.15) is 0 Å². The molecule has 1 aliphatic heterocycles. The Morgan fingerprint density at radius 3 is 1.60 bits per heavy atom. The van der Waals surface area contributed by atoms with Gasteiger partial charge in [-0.25, -0.2) is 0 Å². The quantitative estimate of drug-likeness (QED) is 0.0149. The fourth-order valence-corrected chi connectivity index (χ4v) is 8.42. The molecule has 11 nitrogen and oxygen atoms in total. The van der Waals surface area contributed by atoms with Crippen LogP contribution in [0.1, 0.15) is 233 Å². The normalized spacial score (nSPS) is 20.4. The number of rotatable bonds is 45. The zero-order chi connectivity index (χ0) is 49.0. The molecule has 1 amide bonds. The van der Waals surface area contributed by atoms with Crippen LogP contribution in [0.15, 0.2) is 48.6 Å². The maximum Gasteiger partial charge on any atom is 0.306 e. The van der Waals surface area contributed by atoms with Crippen molar-refractivity contribution in [3.63, 3.8) is 0 Å². The molecule has 11 heteroatoms. The van der Waals surface area contributed by atoms with Crippen LogP contribution in [-0.4, -0.2) is 99.6 Å². The third kappa shape index (κ3) is 33.7. The predicted molar refractivity (Wildman–Crippen MR) is 273 cm³/mol. The van der Waals surface area contributed by atoms with Crippen molar-refractivity contribution in [3.05, 3.63) is 48.6 Å². The van der Waals surface area contributed by atoms with Crippen molar-refractivity contribution in [2.24, 2.45) is 0 Å². The number of carbonyl (C=O) groups is 2. The number of carbonyl (C=O) groups excluding carboxylic acids is 2. The maximum absolute atomic E-state index is 13.3. The lowest BCUT2D eigenvalue weighted by Gasteiger charge is -2.41. The fourth-order valence-electron chi connectivity index (χ4n) is 8.42. The minimum Gasteiger partial charge on any atom is -0.454 e. The third-order valence-electron chi connectivity index (χ3n) is 12.8. The van der Waals surface area contributed by atoms with Crippen LogP contribution in [0, 0.1) is 0 Å². The van der Waals surface area contributed by atoms with Crippen molar-refractivity contribution in [1.29, 1.82) is 0 Å². The third-order valence-corrected chi connectivity index (χ3v) is 12.8. The molecule has 1 heterocycles. The molecular formula is C56H101NO10. The summed E-state index contributed by atoms with van der Waals surface area (Å²) >= 11 is 0. The summed E-state index contributed by atoms with van der Waals surface area (Å²) in [7, 11) is 0. The summed E-state index contributed by atoms with van der Waals surface area (Å²) in [6, 6.07) is -1.02. The van der Waals surface area contributed by atoms with E-state index in [4.69, 9.17) is 14.2 Å². The van der Waals surface area contributed by atoms with Gasteiger partial charge in [0.2, 0.25) is 5.91 Å². The largest absolute Gasteiger partial charge is 0.454 e. The highest BCUT2D eigenvalue weighted by Gasteiger charge is 2.47. The Morgan fingerprint density at radius 1 is 0.597 bits per heavy atom. The number of allylic oxidation sites excluding steroid dienone is 7. The van der Waals surface area contributed by atoms with Gasteiger partial charge in [-0.15, -0.1) is 0 Å². The molecule has 0 aromatic carbocycles. The lowest BCUT2D eigenvalue weighted by molar-refractivity contribution is -0.305. The summed E-state index contributed by atoms with van der Waals surface area (Å²) in [6.45, 7) is 5.62. The smallest absolute Gasteiger partial charge is 0.306 e. The van der Waals surface area contributed by atoms with Crippen molar-refractivity contribution >= 4 is 11.9 Å². The monoisotopic (exact) mass is 948 g/mol. The topological polar surface area (TPSA) is 175 Å². The molecule has 1 rings (SSSR count). The maximum atomic E-state index is 13.3. The van der Waals surface area contributed by atoms with Crippen molar-refractivity contribution in [2.45, 2.75) is 282 Å². The van der Waals surface area contributed by atoms with Gasteiger partial charge in [0.05, 0.1) is 25.4 Å². The van der Waals surface area contributed by atoms with E-state index in [1.807, 2.05) is 24.3 Å². The Morgan fingerprint density at radius 2 is 1.07 bits per heavy atom. The second kappa shape index (κ2) is 44.8. The molecule has 0 bridgehead atoms. The molecule has 390 valence electrons. The van der Waals surface area contributed by atoms with Crippen LogP contribution in [0.4, 0.5) is 0 Å². The Labute approximate surface area is 408 Å². The highest BCUT2D eigenvalue weighted by Crippen LogP contribution is 2.26. The number of hydrogen-bond acceptors (Lipinski definition) is 10. The average molecular weight is 948 g/mol. The van der Waals surface area contributed by atoms with Gasteiger partial charge < -0.3 is 45.1 Å². The number of ether oxygens (including phenoxy) is 3. The van der Waals surface area contributed by atoms with Crippen molar-refractivity contribution in [1.82, 2.24) is 5.32 Å². The fraction of sp³-hybridized carbons (Fsp3) is 0.821. The summed E-state index contributed by atoms with van der Waals surface area (Å²) in [5, 5.41) is 56.7. The molecule has 0 aliphatic carbocycles. The molecular weight excluding hydrogens is 847 g/mol. The standard InChI is InChI=1S/C56H101NO10/c1-4-7-10-13-16-19-22-25-28-31-34-37-40-43-49(60)55(64)57-47(48(59)42-39-36-33-30-27-24-21-18-15-12-9-6-3)46-65-56-54(53(63)52(62)50(45-58)66-56)67-51(61)44-41-38-35-32-29-26-23-20-17-14-11-8-5-2/h8,11,14,17,20,23,39,42,47-50,52-54,56,58-60,62-63H,4-7,9-10,12-13,15-16,18-19,21-22,24-38,40-41,43-46H2,1-3H3,(H,57,64)/b11-8+,17-14+,23-20-,42-39+. The van der Waals surface area contributed by atoms with E-state index in [0.29, 0.717) is 19.3 Å². The molecule has 0 radical (unpaired) electrons. The van der Waals surface area contributed by atoms with E-state index in [-0.39, 0.29) is 13.0 Å². The van der Waals surface area contributed by atoms with Crippen LogP contribution >= 0.6 is 0 Å². The van der Waals surface area contributed by atoms with E-state index < -0.39 is 67.4 Å². The van der Waals surface area contributed by atoms with Gasteiger partial charge in [0.25, 0.3) is 0 Å². The number of unbranched alkanes of at least 4 members (excludes halogenated alkanes) is 27. The van der Waals surface area contributed by atoms with Gasteiger partial charge in [0, 0.05) is 6.42 Å². The van der Waals surface area contributed by atoms with Crippen LogP contribution in [0.5, 0.6) is 0 Å². The van der Waals surface area contributed by atoms with Gasteiger partial charge >= 0.3 is 5.97 Å². The molecule has 1 aliphatic rings. The number of hydrogen-bond donors (Lipinski definition) is 6. The SMILES string of the molecule is CC/C=C/C=C/C=C\CCCCCCCC(=O)OC1C(OCC(NC(=O)C(O)CCCCCCCCCCCCCCC)C(O)/C=C/CCCCCCCCCCCC)OC(CO)C(O)C1O. The molecule has 8 unspecified atom stereocenters. The number of aliphatic hydroxyl groups is 5. The summed E-state index contributed by atoms with van der Waals surface area (Å²) < 4.78 is 17.5. The van der Waals surface area contributed by atoms with E-state index >= 15 is 0 Å². The molecule has 67 heavy (non-hydrogen) atoms. The zero-order valence-corrected chi connectivity index (χ0v) is 42.8. The lowest BCUT2D eigenvalue weighted by atomic mass is 9.99. The highest BCUT2D eigenvalue weighted by atomic mass is 16.7. The first-order chi connectivity index (χ1) is 32.7. The van der Waals surface area contributed by atoms with Crippen molar-refractivity contribution in [2.75, 3.05) is 13.2 Å². The molecule has 6 N–H and O–H groups in total. The van der Waals surface area contributed by atoms with Crippen LogP contribution < -0.4 is 5.32 Å². The minimum atomic E-state index is -1.62. The molecule has 0 spiro atoms. The van der Waals surface area contributed by atoms with E-state index in [1.54, 1.807) is 6.08 Å². The number of amides is 1. The molecule has 0 aromatic heterocycles. The zero-order valence-electron chi connectivity index (χ0n) is 42.8. The Hall–Kier alpha value is -2.38. The first kappa shape index (κ1) is 62.6. The summed E-state index contributed by atoms with van der Waals surface area (Å²) in [6.07, 6.45) is 41.6. The first-order valence-electron chi connectivity index (χ1n) is 27.4. The number of nitrogens with one attached hydrogen (secondary N) is 1. The second-order valence-electron chi connectivity index (χ2n) is 19.0. The van der Waals surface area contributed by atoms with Gasteiger partial charge in [-0.1, -0.05) is 230 Å². The molecule has 0 aromatic rings. The average Bonchev–Trinajstić information content (AvgIpc) is 3.32. The van der Waals surface area contributed by atoms with Crippen molar-refractivity contribution in [3.8, 4) is 0 Å². The van der Waals surface area contributed by atoms with Crippen molar-refractivity contribution < 1.29 is 49.3 Å². The van der Waals surface area contributed by atoms with Gasteiger partial charge in [-0.3, -0.25) is 9.59 Å². The molecule has 1 saturated heterocycles. The Bertz CT molecular complexity index is 1270. The predicted octanol–water partition coefficient (Wildman–Crippen LogP) is 11.7. The summed E-state index contributed by atoms with van der Waals surface area (Å²) in [5.41, 5.74) is 0. The Kier molecular flexibility index (Phi) is 41.9. The van der Waals surface area contributed by atoms with Crippen LogP contribution in [0.2, 0.25) is 0 Å². The van der Waals surface area contributed by atoms with Crippen LogP contribution in [-0.2, 0) is 23.8 Å². The van der Waals surface area contributed by atoms with E-state index in [2.05, 4.69) is 44.3 Å². The van der Waals surface area contributed by atoms with Crippen LogP contribution in [0.3, 0.4) is 0 Å². The van der Waals surface area contributed by atoms with E-state index in [1.165, 1.54) is 109 Å². The Balaban J connectivity index is 2.77. The first-order valence-corrected chi connectivity index (χ1v) is 27.4. The van der Waals surface area contributed by atoms with Gasteiger partial charge in [0.15, 0.2) is 12.4 Å². The second-order valence-corrected chi connectivity index (χ2v) is 19.0. The van der Waals surface area contributed by atoms with Gasteiger partial charge in [-0.05, 0) is 44.9 Å². The molecule has 0 saturated carbocycles. The van der Waals surface area contributed by atoms with Crippen LogP contribution in [0.25, 0.3) is 0 Å². The number of esters is 1. The summed E-state index contributed by atoms with van der Waals surface area (Å²) in [4.78, 5) is 26.4. The lowest BCUT2D eigenvalue weighted by Crippen LogP contribution is -2.61.